The third-order valence-corrected chi connectivity index (χ3v) is 31.7. The Hall–Kier alpha value is -13.2. The first-order valence-corrected chi connectivity index (χ1v) is 49.2. The Morgan fingerprint density at radius 3 is 1.47 bits per heavy atom. The van der Waals surface area contributed by atoms with Gasteiger partial charge in [0, 0.05) is 176 Å². The highest BCUT2D eigenvalue weighted by molar-refractivity contribution is 7.92. The van der Waals surface area contributed by atoms with Gasteiger partial charge in [0.05, 0.1) is 73.3 Å². The minimum Gasteiger partial charge on any atom is -0.482 e. The van der Waals surface area contributed by atoms with Crippen molar-refractivity contribution in [2.75, 3.05) is 58.1 Å². The van der Waals surface area contributed by atoms with Crippen LogP contribution in [-0.2, 0) is 80.2 Å². The first kappa shape index (κ1) is 95.5. The van der Waals surface area contributed by atoms with Gasteiger partial charge in [-0.05, 0) is 211 Å². The van der Waals surface area contributed by atoms with Crippen molar-refractivity contribution in [3.05, 3.63) is 297 Å². The Labute approximate surface area is 794 Å². The zero-order chi connectivity index (χ0) is 97.6. The molecule has 716 valence electrons. The highest BCUT2D eigenvalue weighted by atomic mass is 32.2. The summed E-state index contributed by atoms with van der Waals surface area (Å²) in [6, 6.07) is 59.0. The number of likely N-dealkylation sites (tertiary alicyclic amines) is 4. The van der Waals surface area contributed by atoms with E-state index in [1.807, 2.05) is 149 Å². The van der Waals surface area contributed by atoms with E-state index in [-0.39, 0.29) is 90.2 Å². The number of aliphatic hydroxyl groups excluding tert-OH is 1. The third kappa shape index (κ3) is 18.0. The molecule has 0 aliphatic carbocycles. The standard InChI is InChI=1S/C27H27N3O4S.C26H24F4N2O3.C26H29N3O4S.C26H29N3O4.H2/c1-18(2)35(32,33)21-9-10-22(19(3)16-21)26(31)29-14-12-27(13-15-29)25-11-8-20(17-28)30(25)23-6-4-5-7-24(23)34-27;1-24(2,34)17-8-7-16(15-18(17)27)23(33)31-13-11-25(12-14-31)21-9-10-22(26(28,29)30)32(21)19-5-3-4-6-20(19)35-25;1-18(2)17-34(31,32)20-10-8-19(9-11-20)25(30)29-14-12-26(13-15-29)22-16-27-28(3)24(22)21-6-4-5-7-23(21)33-26;1-25(2,32)20-9-8-17(14-18(20)16-30)24(31)29-12-10-26(11-13-29)21-15-28(3)27-23(21)19-6-4-5-7-22(19)33-26;/h4-11,16,18H,12-15H2,1-3H3;3-10,15,34H,11-14H2,1-2H3;4-11,16,18H,12-15,17H2,1-3H3;4-9,14-15,30,32H,10-13,16H2,1-3H3;1H. The number of rotatable bonds is 12. The summed E-state index contributed by atoms with van der Waals surface area (Å²) < 4.78 is 139. The van der Waals surface area contributed by atoms with E-state index in [0.717, 1.165) is 74.4 Å². The van der Waals surface area contributed by atoms with Gasteiger partial charge in [-0.15, -0.1) is 0 Å². The molecule has 0 saturated carbocycles. The SMILES string of the molecule is CC(C)(O)c1ccc(C(=O)N2CCC3(CC2)Oc2ccccc2-n2c(C(F)(F)F)ccc23)cc1F.CC(C)CS(=O)(=O)c1ccc(C(=O)N2CCC3(CC2)Oc2ccccc2-c2c3cnn2C)cc1.Cc1cc(S(=O)(=O)C(C)C)ccc1C(=O)N1CCC2(CC1)Oc1ccccc1-n1c(C#N)ccc12.Cn1cc2c(n1)-c1ccccc1OC21CCN(C(=O)c2ccc(C(C)(C)O)c(CO)c2)CC1.[HH]. The number of hydrogen-bond acceptors (Lipinski definition) is 18. The average Bonchev–Trinajstić information content (AvgIpc) is 1.53. The van der Waals surface area contributed by atoms with Gasteiger partial charge in [0.25, 0.3) is 23.6 Å². The fraction of sp³-hybridized carbons (Fsp3) is 0.362. The Bertz CT molecular complexity index is 6990. The number of nitriles is 1. The molecule has 8 aliphatic rings. The molecule has 3 N–H and O–H groups in total. The number of halogens is 4. The predicted molar refractivity (Wildman–Crippen MR) is 507 cm³/mol. The van der Waals surface area contributed by atoms with E-state index in [4.69, 9.17) is 24.0 Å². The van der Waals surface area contributed by atoms with E-state index < -0.39 is 76.2 Å². The highest BCUT2D eigenvalue weighted by Crippen LogP contribution is 2.54. The molecule has 0 bridgehead atoms. The zero-order valence-electron chi connectivity index (χ0n) is 78.1. The third-order valence-electron chi connectivity index (χ3n) is 27.4. The van der Waals surface area contributed by atoms with Crippen LogP contribution in [0.25, 0.3) is 33.9 Å². The van der Waals surface area contributed by atoms with Crippen molar-refractivity contribution in [2.24, 2.45) is 20.0 Å². The van der Waals surface area contributed by atoms with Crippen LogP contribution in [0.3, 0.4) is 0 Å². The molecule has 8 aliphatic heterocycles. The van der Waals surface area contributed by atoms with Crippen LogP contribution in [0.5, 0.6) is 23.0 Å². The molecule has 0 atom stereocenters. The number of piperidine rings is 4. The van der Waals surface area contributed by atoms with Crippen LogP contribution in [0.4, 0.5) is 17.6 Å². The lowest BCUT2D eigenvalue weighted by Crippen LogP contribution is -2.50. The monoisotopic (exact) mass is 1910 g/mol. The molecule has 4 saturated heterocycles. The fourth-order valence-corrected chi connectivity index (χ4v) is 23.0. The van der Waals surface area contributed by atoms with Gasteiger partial charge in [0.1, 0.15) is 63.2 Å². The van der Waals surface area contributed by atoms with Gasteiger partial charge < -0.3 is 58.4 Å². The van der Waals surface area contributed by atoms with Crippen LogP contribution < -0.4 is 18.9 Å². The van der Waals surface area contributed by atoms with E-state index in [2.05, 4.69) is 11.2 Å². The number of aryl methyl sites for hydroxylation is 3. The Morgan fingerprint density at radius 1 is 0.518 bits per heavy atom. The van der Waals surface area contributed by atoms with Gasteiger partial charge in [-0.1, -0.05) is 74.5 Å². The molecule has 137 heavy (non-hydrogen) atoms. The van der Waals surface area contributed by atoms with Crippen LogP contribution in [0.2, 0.25) is 0 Å². The van der Waals surface area contributed by atoms with Crippen LogP contribution in [0.15, 0.2) is 222 Å². The van der Waals surface area contributed by atoms with Crippen LogP contribution in [0, 0.1) is 30.0 Å². The summed E-state index contributed by atoms with van der Waals surface area (Å²) in [6.07, 6.45) is 3.75. The molecule has 0 radical (unpaired) electrons. The molecule has 4 spiro atoms. The molecular formula is C105H111F4N11O15S2. The quantitative estimate of drug-likeness (QED) is 0.0957. The van der Waals surface area contributed by atoms with Gasteiger partial charge >= 0.3 is 6.18 Å². The first-order valence-electron chi connectivity index (χ1n) is 46.0. The fourth-order valence-electron chi connectivity index (χ4n) is 20.3. The second kappa shape index (κ2) is 36.4. The second-order valence-electron chi connectivity index (χ2n) is 38.2. The van der Waals surface area contributed by atoms with Crippen molar-refractivity contribution < 1.29 is 89.3 Å². The van der Waals surface area contributed by atoms with Crippen LogP contribution in [-0.4, -0.2) is 167 Å². The summed E-state index contributed by atoms with van der Waals surface area (Å²) in [6.45, 7) is 18.5. The number of ether oxygens (including phenoxy) is 4. The maximum Gasteiger partial charge on any atom is 0.431 e. The van der Waals surface area contributed by atoms with Crippen molar-refractivity contribution in [3.8, 4) is 63.0 Å². The second-order valence-corrected chi connectivity index (χ2v) is 42.7. The molecule has 32 heteroatoms. The van der Waals surface area contributed by atoms with Crippen molar-refractivity contribution in [1.82, 2.24) is 48.3 Å². The number of sulfone groups is 2. The molecule has 12 heterocycles. The van der Waals surface area contributed by atoms with Gasteiger partial charge in [-0.25, -0.2) is 21.2 Å². The predicted octanol–water partition coefficient (Wildman–Crippen LogP) is 17.4. The lowest BCUT2D eigenvalue weighted by molar-refractivity contribution is -0.143. The van der Waals surface area contributed by atoms with Crippen molar-refractivity contribution in [3.63, 3.8) is 0 Å². The minimum absolute atomic E-state index is 0. The average molecular weight is 1910 g/mol. The van der Waals surface area contributed by atoms with Gasteiger partial charge in [0.2, 0.25) is 0 Å². The maximum atomic E-state index is 14.5. The Balaban J connectivity index is 0.000000133. The molecule has 4 aromatic heterocycles. The Morgan fingerprint density at radius 2 is 0.964 bits per heavy atom. The number of fused-ring (bicyclic) bond motifs is 16. The number of benzene rings is 8. The largest absolute Gasteiger partial charge is 0.482 e. The number of aromatic nitrogens is 6. The van der Waals surface area contributed by atoms with E-state index in [9.17, 15) is 74.2 Å². The van der Waals surface area contributed by atoms with E-state index >= 15 is 0 Å². The first-order chi connectivity index (χ1) is 65.0. The summed E-state index contributed by atoms with van der Waals surface area (Å²) in [5.74, 6) is 1.54. The zero-order valence-corrected chi connectivity index (χ0v) is 79.7. The highest BCUT2D eigenvalue weighted by Gasteiger charge is 2.52. The topological polar surface area (TPSA) is 316 Å². The van der Waals surface area contributed by atoms with E-state index in [0.29, 0.717) is 134 Å². The number of aliphatic hydroxyl groups is 3. The number of para-hydroxylation sites is 6. The molecule has 0 unspecified atom stereocenters. The van der Waals surface area contributed by atoms with Crippen LogP contribution in [0.1, 0.15) is 206 Å². The molecule has 26 nitrogen and oxygen atoms in total. The lowest BCUT2D eigenvalue weighted by atomic mass is 9.81. The molecule has 20 rings (SSSR count). The van der Waals surface area contributed by atoms with Crippen molar-refractivity contribution in [2.45, 2.75) is 175 Å². The number of hydrogen-bond donors (Lipinski definition) is 3. The molecule has 8 aromatic carbocycles. The van der Waals surface area contributed by atoms with Crippen LogP contribution >= 0.6 is 0 Å². The summed E-state index contributed by atoms with van der Waals surface area (Å²) in [4.78, 5) is 60.4. The number of carbonyl (C=O) groups is 4. The van der Waals surface area contributed by atoms with Gasteiger partial charge in [0.15, 0.2) is 30.9 Å². The summed E-state index contributed by atoms with van der Waals surface area (Å²) >= 11 is 0. The van der Waals surface area contributed by atoms with Crippen molar-refractivity contribution in [1.29, 1.82) is 5.26 Å². The Kier molecular flexibility index (Phi) is 25.4. The van der Waals surface area contributed by atoms with Gasteiger partial charge in [-0.3, -0.25) is 33.1 Å². The molecule has 12 aromatic rings. The minimum atomic E-state index is -4.54. The number of nitrogens with zero attached hydrogens (tertiary/aromatic N) is 11. The smallest absolute Gasteiger partial charge is 0.431 e. The maximum absolute atomic E-state index is 14.5. The normalized spacial score (nSPS) is 16.8. The lowest BCUT2D eigenvalue weighted by Gasteiger charge is -2.45. The summed E-state index contributed by atoms with van der Waals surface area (Å²) in [5, 5.41) is 48.5. The van der Waals surface area contributed by atoms with Crippen molar-refractivity contribution >= 4 is 43.3 Å². The summed E-state index contributed by atoms with van der Waals surface area (Å²) in [7, 11) is -2.89. The van der Waals surface area contributed by atoms with Gasteiger partial charge in [-0.2, -0.15) is 28.6 Å². The summed E-state index contributed by atoms with van der Waals surface area (Å²) in [5.41, 5.74) is 6.93. The number of alkyl halides is 3. The number of carbonyl (C=O) groups excluding carboxylic acids is 4. The van der Waals surface area contributed by atoms with E-state index in [1.54, 1.807) is 123 Å². The van der Waals surface area contributed by atoms with E-state index in [1.165, 1.54) is 42.7 Å². The molecule has 4 fully saturated rings. The molecule has 4 amide bonds. The molecular weight excluding hydrogens is 1800 g/mol. The number of amides is 4.